The van der Waals surface area contributed by atoms with Crippen LogP contribution in [0.15, 0.2) is 254 Å². The molecule has 0 spiro atoms. The van der Waals surface area contributed by atoms with Gasteiger partial charge in [0, 0.05) is 51.9 Å². The summed E-state index contributed by atoms with van der Waals surface area (Å²) in [6, 6.07) is 78.7. The highest BCUT2D eigenvalue weighted by molar-refractivity contribution is 7.20. The maximum absolute atomic E-state index is 12.2. The summed E-state index contributed by atoms with van der Waals surface area (Å²) in [5.41, 5.74) is 13.6. The highest BCUT2D eigenvalue weighted by Crippen LogP contribution is 2.46. The minimum Gasteiger partial charge on any atom is -0.481 e. The van der Waals surface area contributed by atoms with Gasteiger partial charge in [0.15, 0.2) is 5.01 Å². The first kappa shape index (κ1) is 91.0. The number of aromatic nitrogens is 4. The second kappa shape index (κ2) is 45.8. The molecule has 23 heteroatoms. The maximum atomic E-state index is 12.2. The number of ether oxygens (including phenoxy) is 10. The fourth-order valence-corrected chi connectivity index (χ4v) is 18.9. The molecule has 17 nitrogen and oxygen atoms in total. The molecule has 3 aliphatic heterocycles. The lowest BCUT2D eigenvalue weighted by Crippen LogP contribution is -2.51. The number of aliphatic carboxylic acids is 1. The highest BCUT2D eigenvalue weighted by atomic mass is 35.5. The van der Waals surface area contributed by atoms with Crippen molar-refractivity contribution in [3.8, 4) is 9.88 Å². The Hall–Kier alpha value is -8.75. The van der Waals surface area contributed by atoms with Gasteiger partial charge in [-0.3, -0.25) is 4.79 Å². The summed E-state index contributed by atoms with van der Waals surface area (Å²) in [5, 5.41) is 21.9. The summed E-state index contributed by atoms with van der Waals surface area (Å²) < 4.78 is 65.3. The molecule has 9 aromatic carbocycles. The molecule has 6 heterocycles. The fraction of sp³-hybridized carbons (Fsp3) is 0.354. The van der Waals surface area contributed by atoms with Crippen molar-refractivity contribution in [1.29, 1.82) is 0 Å². The summed E-state index contributed by atoms with van der Waals surface area (Å²) in [7, 11) is 0. The normalized spacial score (nSPS) is 22.6. The minimum atomic E-state index is -0.931. The van der Waals surface area contributed by atoms with Gasteiger partial charge in [0.05, 0.1) is 110 Å². The number of carboxylic acid groups (broad SMARTS) is 1. The number of benzene rings is 9. The standard InChI is InChI=1S/C35H38ClNO5S.C34H34ClN3O3S2.C30H33ClO5/c1-4-29-23(3)32(40-21-24-12-8-6-9-13-24)34(41-22-25-14-10-7-11-15-25)33(42-29)26-16-17-28(36)27(18-26)19-31-37-20-30(43-31)35(38)39-5-2;1-3-28-22(2)31(39-19-23-10-6-4-7-11-23)33(40-20-24-12-8-5-9-13-24)32(41-28)25-14-15-27(35)26(16-25)17-30-36-18-29(43-30)34-38-37-21-42-34;1-3-26-20(2)28(34-18-21-10-6-4-7-11-21)30(35-19-22-12-8-5-9-13-22)29(36-26)23-14-15-25(31)24(16-23)17-27(32)33/h6-18,20,23,29,32-34H,4-5,19,21-22H2,1-3H3;4-16,18,21-22,28,31-33H,3,17,19-20H2,1-2H3;4-16,20,26,28-30H,3,17-19H2,1-2H3,(H,32,33)/t23-,29-,32+,33+,34-;22-,28-,31+,32+,33-;20-,26-,28+,29+,30-/m111/s1. The predicted molar refractivity (Wildman–Crippen MR) is 482 cm³/mol. The molecule has 0 unspecified atom stereocenters. The van der Waals surface area contributed by atoms with Gasteiger partial charge in [0.1, 0.15) is 47.0 Å². The Balaban J connectivity index is 0.000000159. The molecule has 122 heavy (non-hydrogen) atoms. The first-order valence-corrected chi connectivity index (χ1v) is 45.4. The van der Waals surface area contributed by atoms with E-state index in [9.17, 15) is 14.7 Å². The van der Waals surface area contributed by atoms with Gasteiger partial charge in [0.25, 0.3) is 0 Å². The minimum absolute atomic E-state index is 0.00687. The highest BCUT2D eigenvalue weighted by Gasteiger charge is 2.49. The zero-order chi connectivity index (χ0) is 85.3. The largest absolute Gasteiger partial charge is 0.481 e. The van der Waals surface area contributed by atoms with E-state index in [1.807, 2.05) is 158 Å². The van der Waals surface area contributed by atoms with Gasteiger partial charge in [-0.1, -0.05) is 306 Å². The Morgan fingerprint density at radius 2 is 0.730 bits per heavy atom. The van der Waals surface area contributed by atoms with Crippen molar-refractivity contribution in [2.24, 2.45) is 17.8 Å². The van der Waals surface area contributed by atoms with E-state index in [2.05, 4.69) is 141 Å². The van der Waals surface area contributed by atoms with E-state index in [0.29, 0.717) is 84.6 Å². The molecule has 3 aromatic heterocycles. The molecule has 638 valence electrons. The molecule has 1 N–H and O–H groups in total. The number of carbonyl (C=O) groups is 2. The van der Waals surface area contributed by atoms with Crippen LogP contribution in [0.2, 0.25) is 15.1 Å². The Morgan fingerprint density at radius 3 is 1.05 bits per heavy atom. The third-order valence-electron chi connectivity index (χ3n) is 22.4. The zero-order valence-corrected chi connectivity index (χ0v) is 74.3. The topological polar surface area (TPSA) is 198 Å². The number of halogens is 3. The van der Waals surface area contributed by atoms with Crippen LogP contribution in [-0.2, 0) is 111 Å². The quantitative estimate of drug-likeness (QED) is 0.0381. The average Bonchev–Trinajstić information content (AvgIpc) is 0.820. The van der Waals surface area contributed by atoms with Crippen LogP contribution in [0.4, 0.5) is 0 Å². The summed E-state index contributed by atoms with van der Waals surface area (Å²) in [5.74, 6) is -0.928. The Bertz CT molecular complexity index is 5180. The van der Waals surface area contributed by atoms with E-state index in [1.54, 1.807) is 36.0 Å². The fourth-order valence-electron chi connectivity index (χ4n) is 16.0. The van der Waals surface area contributed by atoms with Crippen molar-refractivity contribution < 1.29 is 62.1 Å². The van der Waals surface area contributed by atoms with Gasteiger partial charge >= 0.3 is 11.9 Å². The number of hydrogen-bond donors (Lipinski definition) is 1. The van der Waals surface area contributed by atoms with Crippen LogP contribution in [0.1, 0.15) is 172 Å². The summed E-state index contributed by atoms with van der Waals surface area (Å²) in [4.78, 5) is 34.2. The van der Waals surface area contributed by atoms with Crippen LogP contribution >= 0.6 is 68.8 Å². The lowest BCUT2D eigenvalue weighted by atomic mass is 9.84. The molecular weight excluding hydrogens is 1660 g/mol. The molecular formula is C99H105Cl3N4O13S3. The van der Waals surface area contributed by atoms with Crippen LogP contribution in [0.25, 0.3) is 9.88 Å². The molecule has 0 amide bonds. The van der Waals surface area contributed by atoms with Gasteiger partial charge in [-0.05, 0) is 111 Å². The Kier molecular flexibility index (Phi) is 34.1. The van der Waals surface area contributed by atoms with E-state index < -0.39 is 18.2 Å². The van der Waals surface area contributed by atoms with E-state index in [-0.39, 0.29) is 91.2 Å². The molecule has 0 radical (unpaired) electrons. The van der Waals surface area contributed by atoms with Gasteiger partial charge in [0.2, 0.25) is 0 Å². The number of esters is 1. The molecule has 0 bridgehead atoms. The Labute approximate surface area is 742 Å². The number of carbonyl (C=O) groups excluding carboxylic acids is 1. The van der Waals surface area contributed by atoms with Gasteiger partial charge < -0.3 is 52.5 Å². The van der Waals surface area contributed by atoms with Crippen LogP contribution in [0.3, 0.4) is 0 Å². The second-order valence-electron chi connectivity index (χ2n) is 30.8. The van der Waals surface area contributed by atoms with Gasteiger partial charge in [-0.25, -0.2) is 14.8 Å². The molecule has 3 fully saturated rings. The lowest BCUT2D eigenvalue weighted by molar-refractivity contribution is -0.234. The molecule has 15 rings (SSSR count). The predicted octanol–water partition coefficient (Wildman–Crippen LogP) is 23.4. The first-order valence-electron chi connectivity index (χ1n) is 41.8. The summed E-state index contributed by atoms with van der Waals surface area (Å²) >= 11 is 24.2. The van der Waals surface area contributed by atoms with Crippen molar-refractivity contribution in [1.82, 2.24) is 20.2 Å². The van der Waals surface area contributed by atoms with Crippen molar-refractivity contribution >= 4 is 80.8 Å². The lowest BCUT2D eigenvalue weighted by Gasteiger charge is -2.46. The third-order valence-corrected chi connectivity index (χ3v) is 26.4. The number of hydrogen-bond acceptors (Lipinski definition) is 19. The number of thiazole rings is 2. The van der Waals surface area contributed by atoms with E-state index in [4.69, 9.17) is 82.2 Å². The van der Waals surface area contributed by atoms with Crippen LogP contribution in [-0.4, -0.2) is 98.8 Å². The smallest absolute Gasteiger partial charge is 0.349 e. The van der Waals surface area contributed by atoms with Crippen LogP contribution in [0, 0.1) is 17.8 Å². The maximum Gasteiger partial charge on any atom is 0.349 e. The van der Waals surface area contributed by atoms with E-state index in [1.165, 1.54) is 22.7 Å². The average molecular weight is 1760 g/mol. The molecule has 0 saturated carbocycles. The van der Waals surface area contributed by atoms with E-state index >= 15 is 0 Å². The van der Waals surface area contributed by atoms with Gasteiger partial charge in [-0.2, -0.15) is 0 Å². The molecule has 3 saturated heterocycles. The Morgan fingerprint density at radius 1 is 0.410 bits per heavy atom. The molecule has 0 aliphatic carbocycles. The number of carboxylic acids is 1. The molecule has 12 aromatic rings. The van der Waals surface area contributed by atoms with Crippen molar-refractivity contribution in [3.63, 3.8) is 0 Å². The molecule has 3 aliphatic rings. The van der Waals surface area contributed by atoms with Crippen LogP contribution in [0.5, 0.6) is 0 Å². The number of rotatable bonds is 33. The summed E-state index contributed by atoms with van der Waals surface area (Å²) in [6.45, 7) is 17.9. The zero-order valence-electron chi connectivity index (χ0n) is 69.6. The number of nitrogens with zero attached hydrogens (tertiary/aromatic N) is 4. The van der Waals surface area contributed by atoms with Crippen molar-refractivity contribution in [2.75, 3.05) is 6.61 Å². The monoisotopic (exact) mass is 1760 g/mol. The summed E-state index contributed by atoms with van der Waals surface area (Å²) in [6.07, 6.45) is 4.11. The third kappa shape index (κ3) is 24.6. The van der Waals surface area contributed by atoms with E-state index in [0.717, 1.165) is 100 Å². The molecule has 15 atom stereocenters. The van der Waals surface area contributed by atoms with Crippen LogP contribution < -0.4 is 0 Å². The second-order valence-corrected chi connectivity index (χ2v) is 35.1. The van der Waals surface area contributed by atoms with Crippen molar-refractivity contribution in [3.05, 3.63) is 351 Å². The van der Waals surface area contributed by atoms with Crippen molar-refractivity contribution in [2.45, 2.75) is 200 Å². The first-order chi connectivity index (χ1) is 59.5. The SMILES string of the molecule is CCOC(=O)c1cnc(Cc2cc([C@@H]3O[C@H](CC)[C@@H](C)[C@H](OCc4ccccc4)[C@H]3OCc3ccccc3)ccc2Cl)s1.CC[C@H]1O[C@@H](c2ccc(Cl)c(CC(=O)O)c2)[C@H](OCc2ccccc2)[C@@H](OCc2ccccc2)[C@@H]1C.CC[C@H]1O[C@@H](c2ccc(Cl)c(Cc3ncc(-c4nncs4)s3)c2)[C@H](OCc2ccccc2)[C@@H](OCc2ccccc2)[C@@H]1C. The van der Waals surface area contributed by atoms with Gasteiger partial charge in [-0.15, -0.1) is 32.9 Å².